The molecule has 5 nitrogen and oxygen atoms in total. The van der Waals surface area contributed by atoms with Crippen molar-refractivity contribution in [2.24, 2.45) is 18.0 Å². The molecule has 0 aliphatic rings. The summed E-state index contributed by atoms with van der Waals surface area (Å²) in [4.78, 5) is 4.69. The van der Waals surface area contributed by atoms with E-state index >= 15 is 0 Å². The van der Waals surface area contributed by atoms with Crippen molar-refractivity contribution in [1.82, 2.24) is 20.4 Å². The average Bonchev–Trinajstić information content (AvgIpc) is 2.70. The van der Waals surface area contributed by atoms with Crippen molar-refractivity contribution in [3.63, 3.8) is 0 Å². The number of nitrogens with one attached hydrogen (secondary N) is 2. The van der Waals surface area contributed by atoms with E-state index in [9.17, 15) is 0 Å². The molecule has 1 aromatic rings. The van der Waals surface area contributed by atoms with Crippen LogP contribution >= 0.6 is 24.0 Å². The van der Waals surface area contributed by atoms with Gasteiger partial charge in [0, 0.05) is 31.9 Å². The fraction of sp³-hybridized carbons (Fsp3) is 0.778. The maximum absolute atomic E-state index is 4.69. The van der Waals surface area contributed by atoms with E-state index in [1.807, 2.05) is 11.7 Å². The summed E-state index contributed by atoms with van der Waals surface area (Å²) in [5.41, 5.74) is 3.70. The van der Waals surface area contributed by atoms with Gasteiger partial charge in [0.05, 0.1) is 5.69 Å². The van der Waals surface area contributed by atoms with E-state index in [1.54, 1.807) is 0 Å². The average molecular weight is 449 g/mol. The maximum Gasteiger partial charge on any atom is 0.191 e. The number of rotatable bonds is 8. The molecule has 0 aromatic carbocycles. The van der Waals surface area contributed by atoms with Crippen molar-refractivity contribution in [1.29, 1.82) is 0 Å². The standard InChI is InChI=1S/C18H35N5.HI/c1-8-19-18(20-11-9-10-13(2)3)21-14(4)12-17-15(5)22-23(7)16(17)6;/h13-14H,8-12H2,1-7H3,(H2,19,20,21);1H. The largest absolute Gasteiger partial charge is 0.357 e. The van der Waals surface area contributed by atoms with E-state index < -0.39 is 0 Å². The van der Waals surface area contributed by atoms with Gasteiger partial charge >= 0.3 is 0 Å². The van der Waals surface area contributed by atoms with Crippen LogP contribution in [0.3, 0.4) is 0 Å². The number of aliphatic imine (C=N–C) groups is 1. The molecule has 0 spiro atoms. The maximum atomic E-state index is 4.69. The number of halogens is 1. The van der Waals surface area contributed by atoms with Gasteiger partial charge in [0.15, 0.2) is 5.96 Å². The Kier molecular flexibility index (Phi) is 11.3. The van der Waals surface area contributed by atoms with Crippen LogP contribution in [0.2, 0.25) is 0 Å². The van der Waals surface area contributed by atoms with E-state index in [0.29, 0.717) is 6.04 Å². The first-order chi connectivity index (χ1) is 10.8. The quantitative estimate of drug-likeness (QED) is 0.276. The van der Waals surface area contributed by atoms with Crippen molar-refractivity contribution >= 4 is 29.9 Å². The Hall–Kier alpha value is -0.790. The summed E-state index contributed by atoms with van der Waals surface area (Å²) >= 11 is 0. The Morgan fingerprint density at radius 2 is 1.92 bits per heavy atom. The highest BCUT2D eigenvalue weighted by Gasteiger charge is 2.13. The predicted molar refractivity (Wildman–Crippen MR) is 114 cm³/mol. The van der Waals surface area contributed by atoms with Crippen LogP contribution in [0.1, 0.15) is 57.5 Å². The molecule has 0 aliphatic heterocycles. The number of aromatic nitrogens is 2. The normalized spacial score (nSPS) is 12.9. The van der Waals surface area contributed by atoms with Gasteiger partial charge in [-0.15, -0.1) is 24.0 Å². The number of aryl methyl sites for hydroxylation is 2. The molecule has 0 bridgehead atoms. The van der Waals surface area contributed by atoms with Crippen molar-refractivity contribution in [3.8, 4) is 0 Å². The highest BCUT2D eigenvalue weighted by molar-refractivity contribution is 14.0. The van der Waals surface area contributed by atoms with Gasteiger partial charge in [-0.25, -0.2) is 0 Å². The van der Waals surface area contributed by atoms with Crippen LogP contribution in [0.25, 0.3) is 0 Å². The second-order valence-electron chi connectivity index (χ2n) is 6.82. The van der Waals surface area contributed by atoms with Crippen LogP contribution in [-0.4, -0.2) is 34.9 Å². The fourth-order valence-electron chi connectivity index (χ4n) is 2.71. The summed E-state index contributed by atoms with van der Waals surface area (Å²) in [5, 5.41) is 11.4. The van der Waals surface area contributed by atoms with Gasteiger partial charge in [0.25, 0.3) is 0 Å². The molecule has 0 aliphatic carbocycles. The van der Waals surface area contributed by atoms with Crippen molar-refractivity contribution in [2.45, 2.75) is 66.8 Å². The zero-order valence-corrected chi connectivity index (χ0v) is 18.8. The fourth-order valence-corrected chi connectivity index (χ4v) is 2.71. The second-order valence-corrected chi connectivity index (χ2v) is 6.82. The van der Waals surface area contributed by atoms with Gasteiger partial charge in [0.1, 0.15) is 0 Å². The molecule has 2 N–H and O–H groups in total. The molecule has 0 amide bonds. The second kappa shape index (κ2) is 11.7. The Morgan fingerprint density at radius 1 is 1.25 bits per heavy atom. The van der Waals surface area contributed by atoms with Gasteiger partial charge in [-0.3, -0.25) is 9.67 Å². The molecule has 0 fully saturated rings. The third-order valence-corrected chi connectivity index (χ3v) is 4.11. The summed E-state index contributed by atoms with van der Waals surface area (Å²) in [6.07, 6.45) is 3.33. The Balaban J connectivity index is 0.00000529. The SMILES string of the molecule is CCNC(=NCCCC(C)C)NC(C)Cc1c(C)nn(C)c1C.I. The number of nitrogens with zero attached hydrogens (tertiary/aromatic N) is 3. The molecule has 1 unspecified atom stereocenters. The van der Waals surface area contributed by atoms with E-state index in [4.69, 9.17) is 4.99 Å². The predicted octanol–water partition coefficient (Wildman–Crippen LogP) is 3.58. The van der Waals surface area contributed by atoms with Crippen LogP contribution in [-0.2, 0) is 13.5 Å². The van der Waals surface area contributed by atoms with Crippen molar-refractivity contribution in [2.75, 3.05) is 13.1 Å². The van der Waals surface area contributed by atoms with E-state index in [0.717, 1.165) is 43.5 Å². The van der Waals surface area contributed by atoms with Gasteiger partial charge in [-0.1, -0.05) is 13.8 Å². The zero-order chi connectivity index (χ0) is 17.4. The topological polar surface area (TPSA) is 54.2 Å². The molecule has 1 heterocycles. The molecule has 6 heteroatoms. The lowest BCUT2D eigenvalue weighted by molar-refractivity contribution is 0.559. The third kappa shape index (κ3) is 7.85. The summed E-state index contributed by atoms with van der Waals surface area (Å²) < 4.78 is 1.96. The lowest BCUT2D eigenvalue weighted by Crippen LogP contribution is -2.43. The van der Waals surface area contributed by atoms with Crippen molar-refractivity contribution < 1.29 is 0 Å². The molecule has 0 radical (unpaired) electrons. The molecule has 1 atom stereocenters. The highest BCUT2D eigenvalue weighted by Crippen LogP contribution is 2.14. The zero-order valence-electron chi connectivity index (χ0n) is 16.4. The van der Waals surface area contributed by atoms with Gasteiger partial charge < -0.3 is 10.6 Å². The van der Waals surface area contributed by atoms with Gasteiger partial charge in [-0.2, -0.15) is 5.10 Å². The molecule has 1 rings (SSSR count). The van der Waals surface area contributed by atoms with E-state index in [2.05, 4.69) is 57.3 Å². The minimum Gasteiger partial charge on any atom is -0.357 e. The van der Waals surface area contributed by atoms with Crippen LogP contribution in [0, 0.1) is 19.8 Å². The van der Waals surface area contributed by atoms with Crippen LogP contribution in [0.4, 0.5) is 0 Å². The lowest BCUT2D eigenvalue weighted by atomic mass is 10.1. The minimum atomic E-state index is 0. The summed E-state index contributed by atoms with van der Waals surface area (Å²) in [6, 6.07) is 0.319. The molecule has 24 heavy (non-hydrogen) atoms. The van der Waals surface area contributed by atoms with Gasteiger partial charge in [0.2, 0.25) is 0 Å². The molecule has 0 saturated heterocycles. The Morgan fingerprint density at radius 3 is 2.42 bits per heavy atom. The smallest absolute Gasteiger partial charge is 0.191 e. The summed E-state index contributed by atoms with van der Waals surface area (Å²) in [7, 11) is 2.00. The number of guanidine groups is 1. The lowest BCUT2D eigenvalue weighted by Gasteiger charge is -2.18. The first kappa shape index (κ1) is 23.2. The Labute approximate surface area is 165 Å². The third-order valence-electron chi connectivity index (χ3n) is 4.11. The highest BCUT2D eigenvalue weighted by atomic mass is 127. The summed E-state index contributed by atoms with van der Waals surface area (Å²) in [5.74, 6) is 1.67. The monoisotopic (exact) mass is 449 g/mol. The molecular formula is C18H36IN5. The van der Waals surface area contributed by atoms with Crippen molar-refractivity contribution in [3.05, 3.63) is 17.0 Å². The van der Waals surface area contributed by atoms with E-state index in [1.165, 1.54) is 17.7 Å². The first-order valence-corrected chi connectivity index (χ1v) is 8.89. The van der Waals surface area contributed by atoms with Crippen LogP contribution in [0.15, 0.2) is 4.99 Å². The molecule has 1 aromatic heterocycles. The van der Waals surface area contributed by atoms with Gasteiger partial charge in [-0.05, 0) is 58.4 Å². The Bertz CT molecular complexity index is 508. The molecule has 140 valence electrons. The summed E-state index contributed by atoms with van der Waals surface area (Å²) in [6.45, 7) is 14.8. The minimum absolute atomic E-state index is 0. The number of hydrogen-bond donors (Lipinski definition) is 2. The number of hydrogen-bond acceptors (Lipinski definition) is 2. The molecular weight excluding hydrogens is 413 g/mol. The van der Waals surface area contributed by atoms with E-state index in [-0.39, 0.29) is 24.0 Å². The first-order valence-electron chi connectivity index (χ1n) is 8.89. The molecule has 0 saturated carbocycles. The van der Waals surface area contributed by atoms with Crippen LogP contribution < -0.4 is 10.6 Å². The van der Waals surface area contributed by atoms with Crippen LogP contribution in [0.5, 0.6) is 0 Å².